The molecular formula is C10H12N4O8. The van der Waals surface area contributed by atoms with Gasteiger partial charge in [0.15, 0.2) is 11.2 Å². The number of imidazole rings is 1. The molecule has 12 heteroatoms. The third-order valence-electron chi connectivity index (χ3n) is 3.25. The highest BCUT2D eigenvalue weighted by Crippen LogP contribution is 2.20. The molecule has 1 aliphatic heterocycles. The minimum Gasteiger partial charge on any atom is -0.394 e. The molecule has 1 aliphatic rings. The van der Waals surface area contributed by atoms with Crippen molar-refractivity contribution in [3.63, 3.8) is 0 Å². The minimum atomic E-state index is -1.54. The third kappa shape index (κ3) is 2.14. The van der Waals surface area contributed by atoms with E-state index >= 15 is 0 Å². The Balaban J connectivity index is 2.02. The van der Waals surface area contributed by atoms with Gasteiger partial charge < -0.3 is 24.9 Å². The lowest BCUT2D eigenvalue weighted by Gasteiger charge is -2.15. The van der Waals surface area contributed by atoms with Crippen LogP contribution in [0.1, 0.15) is 0 Å². The Kier molecular flexibility index (Phi) is 3.37. The number of nitrogens with one attached hydrogen (secondary N) is 3. The molecule has 4 atom stereocenters. The molecule has 3 rings (SSSR count). The second-order valence-corrected chi connectivity index (χ2v) is 4.67. The van der Waals surface area contributed by atoms with Gasteiger partial charge in [-0.2, -0.15) is 0 Å². The van der Waals surface area contributed by atoms with E-state index in [0.717, 1.165) is 0 Å². The van der Waals surface area contributed by atoms with Gasteiger partial charge in [0.1, 0.15) is 18.3 Å². The maximum atomic E-state index is 11.8. The number of aliphatic hydroxyl groups is 3. The SMILES string of the molecule is O=c1[nH]c(=O)c2[nH]c(=O)n(OC3O[C@H](CO)[C@@H](O)[C@H]3O)c2[nH]1. The van der Waals surface area contributed by atoms with Gasteiger partial charge in [-0.25, -0.2) is 9.59 Å². The van der Waals surface area contributed by atoms with Crippen LogP contribution in [0.25, 0.3) is 11.2 Å². The molecule has 0 aliphatic carbocycles. The summed E-state index contributed by atoms with van der Waals surface area (Å²) in [6, 6.07) is 0. The first-order chi connectivity index (χ1) is 10.4. The van der Waals surface area contributed by atoms with Crippen molar-refractivity contribution in [2.24, 2.45) is 0 Å². The number of aromatic nitrogens is 4. The molecule has 12 nitrogen and oxygen atoms in total. The molecule has 1 unspecified atom stereocenters. The van der Waals surface area contributed by atoms with Crippen molar-refractivity contribution in [2.75, 3.05) is 6.61 Å². The van der Waals surface area contributed by atoms with E-state index < -0.39 is 48.1 Å². The quantitative estimate of drug-likeness (QED) is 0.328. The van der Waals surface area contributed by atoms with Gasteiger partial charge in [0, 0.05) is 0 Å². The maximum absolute atomic E-state index is 11.8. The molecule has 1 saturated heterocycles. The molecule has 1 fully saturated rings. The van der Waals surface area contributed by atoms with Gasteiger partial charge in [-0.05, 0) is 0 Å². The number of H-pyrrole nitrogens is 3. The summed E-state index contributed by atoms with van der Waals surface area (Å²) in [5.74, 6) is 0. The molecule has 120 valence electrons. The predicted molar refractivity (Wildman–Crippen MR) is 68.1 cm³/mol. The zero-order chi connectivity index (χ0) is 16.0. The Labute approximate surface area is 119 Å². The highest BCUT2D eigenvalue weighted by atomic mass is 16.8. The highest BCUT2D eigenvalue weighted by molar-refractivity contribution is 5.68. The van der Waals surface area contributed by atoms with Gasteiger partial charge in [0.2, 0.25) is 0 Å². The van der Waals surface area contributed by atoms with Crippen LogP contribution in [-0.4, -0.2) is 66.2 Å². The second kappa shape index (κ2) is 5.10. The smallest absolute Gasteiger partial charge is 0.361 e. The van der Waals surface area contributed by atoms with E-state index in [0.29, 0.717) is 4.73 Å². The zero-order valence-electron chi connectivity index (χ0n) is 10.8. The van der Waals surface area contributed by atoms with Crippen molar-refractivity contribution >= 4 is 11.2 Å². The normalized spacial score (nSPS) is 28.3. The van der Waals surface area contributed by atoms with Gasteiger partial charge in [-0.1, -0.05) is 0 Å². The van der Waals surface area contributed by atoms with Gasteiger partial charge in [-0.15, -0.1) is 4.73 Å². The number of fused-ring (bicyclic) bond motifs is 1. The Hall–Kier alpha value is -2.41. The average Bonchev–Trinajstić information content (AvgIpc) is 2.92. The van der Waals surface area contributed by atoms with Gasteiger partial charge in [0.05, 0.1) is 6.61 Å². The first kappa shape index (κ1) is 14.5. The van der Waals surface area contributed by atoms with Crippen molar-refractivity contribution in [2.45, 2.75) is 24.6 Å². The first-order valence-electron chi connectivity index (χ1n) is 6.19. The number of hydrogen-bond donors (Lipinski definition) is 6. The zero-order valence-corrected chi connectivity index (χ0v) is 10.8. The summed E-state index contributed by atoms with van der Waals surface area (Å²) in [5, 5.41) is 28.3. The Bertz CT molecular complexity index is 862. The Morgan fingerprint density at radius 3 is 2.50 bits per heavy atom. The molecule has 22 heavy (non-hydrogen) atoms. The van der Waals surface area contributed by atoms with E-state index in [1.54, 1.807) is 0 Å². The molecule has 0 amide bonds. The number of ether oxygens (including phenoxy) is 1. The Morgan fingerprint density at radius 1 is 1.14 bits per heavy atom. The summed E-state index contributed by atoms with van der Waals surface area (Å²) in [6.45, 7) is -0.572. The lowest BCUT2D eigenvalue weighted by atomic mass is 10.1. The first-order valence-corrected chi connectivity index (χ1v) is 6.19. The van der Waals surface area contributed by atoms with Crippen molar-refractivity contribution in [3.05, 3.63) is 31.3 Å². The number of aromatic amines is 3. The molecule has 0 saturated carbocycles. The van der Waals surface area contributed by atoms with E-state index in [2.05, 4.69) is 9.97 Å². The summed E-state index contributed by atoms with van der Waals surface area (Å²) >= 11 is 0. The van der Waals surface area contributed by atoms with E-state index in [9.17, 15) is 24.6 Å². The summed E-state index contributed by atoms with van der Waals surface area (Å²) in [4.78, 5) is 46.0. The van der Waals surface area contributed by atoms with Gasteiger partial charge in [0.25, 0.3) is 11.8 Å². The van der Waals surface area contributed by atoms with E-state index in [4.69, 9.17) is 14.7 Å². The number of rotatable bonds is 3. The van der Waals surface area contributed by atoms with Crippen LogP contribution in [0.2, 0.25) is 0 Å². The van der Waals surface area contributed by atoms with Crippen LogP contribution in [0.4, 0.5) is 0 Å². The van der Waals surface area contributed by atoms with Crippen LogP contribution >= 0.6 is 0 Å². The molecule has 2 aromatic heterocycles. The molecule has 0 bridgehead atoms. The summed E-state index contributed by atoms with van der Waals surface area (Å²) in [5.41, 5.74) is -3.11. The van der Waals surface area contributed by atoms with Crippen LogP contribution in [0, 0.1) is 0 Å². The standard InChI is InChI=1S/C10H12N4O8/c15-1-2-4(16)5(17)8(21-2)22-14-6-3(11-10(14)20)7(18)13-9(19)12-6/h2,4-5,8,15-17H,1H2,(H,11,20)(H2,12,13,18,19)/t2-,4-,5-,8?/m1/s1. The fourth-order valence-corrected chi connectivity index (χ4v) is 2.16. The monoisotopic (exact) mass is 316 g/mol. The Morgan fingerprint density at radius 2 is 1.86 bits per heavy atom. The maximum Gasteiger partial charge on any atom is 0.361 e. The van der Waals surface area contributed by atoms with Crippen LogP contribution < -0.4 is 21.8 Å². The number of nitrogens with zero attached hydrogens (tertiary/aromatic N) is 1. The average molecular weight is 316 g/mol. The summed E-state index contributed by atoms with van der Waals surface area (Å²) in [6.07, 6.45) is -5.53. The van der Waals surface area contributed by atoms with E-state index in [1.165, 1.54) is 0 Å². The molecular weight excluding hydrogens is 304 g/mol. The number of hydrogen-bond acceptors (Lipinski definition) is 8. The third-order valence-corrected chi connectivity index (χ3v) is 3.25. The van der Waals surface area contributed by atoms with Crippen LogP contribution in [0.15, 0.2) is 14.4 Å². The van der Waals surface area contributed by atoms with Crippen LogP contribution in [-0.2, 0) is 4.74 Å². The number of aliphatic hydroxyl groups excluding tert-OH is 3. The van der Waals surface area contributed by atoms with Crippen LogP contribution in [0.5, 0.6) is 0 Å². The fourth-order valence-electron chi connectivity index (χ4n) is 2.16. The van der Waals surface area contributed by atoms with Crippen molar-refractivity contribution < 1.29 is 24.9 Å². The lowest BCUT2D eigenvalue weighted by molar-refractivity contribution is -0.170. The van der Waals surface area contributed by atoms with Crippen molar-refractivity contribution in [3.8, 4) is 0 Å². The molecule has 3 heterocycles. The van der Waals surface area contributed by atoms with E-state index in [-0.39, 0.29) is 11.2 Å². The van der Waals surface area contributed by atoms with Crippen molar-refractivity contribution in [1.29, 1.82) is 0 Å². The van der Waals surface area contributed by atoms with Gasteiger partial charge in [-0.3, -0.25) is 19.7 Å². The lowest BCUT2D eigenvalue weighted by Crippen LogP contribution is -2.41. The fraction of sp³-hybridized carbons (Fsp3) is 0.500. The topological polar surface area (TPSA) is 183 Å². The summed E-state index contributed by atoms with van der Waals surface area (Å²) in [7, 11) is 0. The molecule has 6 N–H and O–H groups in total. The largest absolute Gasteiger partial charge is 0.394 e. The summed E-state index contributed by atoms with van der Waals surface area (Å²) < 4.78 is 5.57. The second-order valence-electron chi connectivity index (χ2n) is 4.67. The van der Waals surface area contributed by atoms with Crippen molar-refractivity contribution in [1.82, 2.24) is 19.7 Å². The van der Waals surface area contributed by atoms with Gasteiger partial charge >= 0.3 is 11.4 Å². The highest BCUT2D eigenvalue weighted by Gasteiger charge is 2.44. The molecule has 2 aromatic rings. The molecule has 0 aromatic carbocycles. The van der Waals surface area contributed by atoms with E-state index in [1.807, 2.05) is 4.98 Å². The minimum absolute atomic E-state index is 0.239. The molecule has 0 spiro atoms. The van der Waals surface area contributed by atoms with Crippen LogP contribution in [0.3, 0.4) is 0 Å². The molecule has 0 radical (unpaired) electrons. The predicted octanol–water partition coefficient (Wildman–Crippen LogP) is -4.43.